The maximum atomic E-state index is 12.2. The number of halogens is 1. The van der Waals surface area contributed by atoms with Gasteiger partial charge in [-0.1, -0.05) is 29.8 Å². The van der Waals surface area contributed by atoms with E-state index >= 15 is 0 Å². The number of carbonyl (C=O) groups is 3. The summed E-state index contributed by atoms with van der Waals surface area (Å²) in [5.41, 5.74) is 2.82. The lowest BCUT2D eigenvalue weighted by molar-refractivity contribution is -0.141. The van der Waals surface area contributed by atoms with Crippen molar-refractivity contribution < 1.29 is 19.1 Å². The third kappa shape index (κ3) is 5.38. The highest BCUT2D eigenvalue weighted by atomic mass is 127. The number of nitrogens with one attached hydrogen (secondary N) is 1. The van der Waals surface area contributed by atoms with Gasteiger partial charge in [-0.15, -0.1) is 0 Å². The molecule has 6 heteroatoms. The van der Waals surface area contributed by atoms with E-state index in [1.807, 2.05) is 54.6 Å². The normalized spacial score (nSPS) is 10.2. The number of esters is 1. The fourth-order valence-corrected chi connectivity index (χ4v) is 2.84. The second kappa shape index (κ2) is 8.75. The Kier molecular flexibility index (Phi) is 6.69. The summed E-state index contributed by atoms with van der Waals surface area (Å²) < 4.78 is 5.75. The largest absolute Gasteiger partial charge is 0.456 e. The molecule has 5 nitrogen and oxygen atoms in total. The van der Waals surface area contributed by atoms with Crippen LogP contribution in [0.2, 0.25) is 0 Å². The molecule has 0 unspecified atom stereocenters. The van der Waals surface area contributed by atoms with Crippen molar-refractivity contribution in [1.82, 2.24) is 5.32 Å². The maximum absolute atomic E-state index is 12.2. The molecular formula is C19H18INO4. The minimum atomic E-state index is -0.655. The SMILES string of the molecule is Cc1ccc(C)c(C(=O)COC(=O)CNC(=O)c2ccccc2I)c1. The number of hydrogen-bond donors (Lipinski definition) is 1. The van der Waals surface area contributed by atoms with Crippen LogP contribution in [0.1, 0.15) is 31.8 Å². The van der Waals surface area contributed by atoms with Crippen LogP contribution < -0.4 is 5.32 Å². The Morgan fingerprint density at radius 2 is 1.76 bits per heavy atom. The highest BCUT2D eigenvalue weighted by molar-refractivity contribution is 14.1. The van der Waals surface area contributed by atoms with Crippen LogP contribution in [0.25, 0.3) is 0 Å². The summed E-state index contributed by atoms with van der Waals surface area (Å²) in [6.07, 6.45) is 0. The number of Topliss-reactive ketones (excluding diaryl/α,β-unsaturated/α-hetero) is 1. The number of hydrogen-bond acceptors (Lipinski definition) is 4. The van der Waals surface area contributed by atoms with Gasteiger partial charge in [0, 0.05) is 9.13 Å². The average Bonchev–Trinajstić information content (AvgIpc) is 2.60. The molecule has 0 fully saturated rings. The summed E-state index contributed by atoms with van der Waals surface area (Å²) in [7, 11) is 0. The third-order valence-corrected chi connectivity index (χ3v) is 4.51. The summed E-state index contributed by atoms with van der Waals surface area (Å²) in [6.45, 7) is 3.09. The predicted molar refractivity (Wildman–Crippen MR) is 103 cm³/mol. The summed E-state index contributed by atoms with van der Waals surface area (Å²) in [6, 6.07) is 12.6. The van der Waals surface area contributed by atoms with E-state index in [0.29, 0.717) is 11.1 Å². The van der Waals surface area contributed by atoms with E-state index in [0.717, 1.165) is 14.7 Å². The Balaban J connectivity index is 1.85. The molecule has 0 radical (unpaired) electrons. The number of benzene rings is 2. The molecular weight excluding hydrogens is 433 g/mol. The van der Waals surface area contributed by atoms with Gasteiger partial charge in [-0.2, -0.15) is 0 Å². The van der Waals surface area contributed by atoms with Crippen LogP contribution in [0, 0.1) is 17.4 Å². The lowest BCUT2D eigenvalue weighted by Gasteiger charge is -2.09. The number of ketones is 1. The molecule has 0 aliphatic heterocycles. The van der Waals surface area contributed by atoms with Crippen molar-refractivity contribution in [2.75, 3.05) is 13.2 Å². The first-order chi connectivity index (χ1) is 11.9. The minimum Gasteiger partial charge on any atom is -0.456 e. The summed E-state index contributed by atoms with van der Waals surface area (Å²) in [5.74, 6) is -1.28. The van der Waals surface area contributed by atoms with Crippen LogP contribution in [0.15, 0.2) is 42.5 Å². The highest BCUT2D eigenvalue weighted by Crippen LogP contribution is 2.12. The van der Waals surface area contributed by atoms with Crippen LogP contribution in [0.4, 0.5) is 0 Å². The van der Waals surface area contributed by atoms with Crippen molar-refractivity contribution in [3.8, 4) is 0 Å². The first-order valence-corrected chi connectivity index (χ1v) is 8.75. The molecule has 0 heterocycles. The van der Waals surface area contributed by atoms with Gasteiger partial charge in [0.25, 0.3) is 5.91 Å². The van der Waals surface area contributed by atoms with Crippen LogP contribution in [0.3, 0.4) is 0 Å². The minimum absolute atomic E-state index is 0.265. The molecule has 0 aliphatic rings. The number of carbonyl (C=O) groups excluding carboxylic acids is 3. The predicted octanol–water partition coefficient (Wildman–Crippen LogP) is 3.06. The molecule has 1 N–H and O–H groups in total. The third-order valence-electron chi connectivity index (χ3n) is 3.57. The molecule has 2 rings (SSSR count). The van der Waals surface area contributed by atoms with Crippen molar-refractivity contribution in [2.24, 2.45) is 0 Å². The molecule has 25 heavy (non-hydrogen) atoms. The van der Waals surface area contributed by atoms with E-state index in [-0.39, 0.29) is 24.8 Å². The first-order valence-electron chi connectivity index (χ1n) is 7.67. The van der Waals surface area contributed by atoms with Gasteiger partial charge in [0.05, 0.1) is 5.56 Å². The Morgan fingerprint density at radius 1 is 1.04 bits per heavy atom. The summed E-state index contributed by atoms with van der Waals surface area (Å²) in [5, 5.41) is 2.49. The van der Waals surface area contributed by atoms with Gasteiger partial charge in [0.2, 0.25) is 5.78 Å². The first kappa shape index (κ1) is 19.1. The highest BCUT2D eigenvalue weighted by Gasteiger charge is 2.14. The van der Waals surface area contributed by atoms with Gasteiger partial charge in [-0.3, -0.25) is 14.4 Å². The average molecular weight is 451 g/mol. The van der Waals surface area contributed by atoms with Gasteiger partial charge >= 0.3 is 5.97 Å². The standard InChI is InChI=1S/C19H18INO4/c1-12-7-8-13(2)15(9-12)17(22)11-25-18(23)10-21-19(24)14-5-3-4-6-16(14)20/h3-9H,10-11H2,1-2H3,(H,21,24). The smallest absolute Gasteiger partial charge is 0.325 e. The number of rotatable bonds is 6. The summed E-state index contributed by atoms with van der Waals surface area (Å²) >= 11 is 2.05. The fourth-order valence-electron chi connectivity index (χ4n) is 2.20. The lowest BCUT2D eigenvalue weighted by Crippen LogP contribution is -2.32. The zero-order valence-corrected chi connectivity index (χ0v) is 16.1. The molecule has 0 spiro atoms. The Bertz CT molecular complexity index is 817. The summed E-state index contributed by atoms with van der Waals surface area (Å²) in [4.78, 5) is 35.9. The zero-order chi connectivity index (χ0) is 18.4. The van der Waals surface area contributed by atoms with Crippen LogP contribution >= 0.6 is 22.6 Å². The Hall–Kier alpha value is -2.22. The molecule has 0 aliphatic carbocycles. The van der Waals surface area contributed by atoms with Gasteiger partial charge in [0.15, 0.2) is 6.61 Å². The van der Waals surface area contributed by atoms with E-state index < -0.39 is 5.97 Å². The van der Waals surface area contributed by atoms with Gasteiger partial charge < -0.3 is 10.1 Å². The van der Waals surface area contributed by atoms with Crippen LogP contribution in [-0.4, -0.2) is 30.8 Å². The lowest BCUT2D eigenvalue weighted by atomic mass is 10.0. The topological polar surface area (TPSA) is 72.5 Å². The second-order valence-electron chi connectivity index (χ2n) is 5.56. The zero-order valence-electron chi connectivity index (χ0n) is 14.0. The van der Waals surface area contributed by atoms with E-state index in [2.05, 4.69) is 5.32 Å². The number of ether oxygens (including phenoxy) is 1. The Labute approximate surface area is 159 Å². The van der Waals surface area contributed by atoms with Crippen LogP contribution in [0.5, 0.6) is 0 Å². The van der Waals surface area contributed by atoms with E-state index in [9.17, 15) is 14.4 Å². The van der Waals surface area contributed by atoms with Crippen molar-refractivity contribution in [1.29, 1.82) is 0 Å². The maximum Gasteiger partial charge on any atom is 0.325 e. The van der Waals surface area contributed by atoms with Gasteiger partial charge in [-0.05, 0) is 60.2 Å². The molecule has 0 atom stereocenters. The van der Waals surface area contributed by atoms with E-state index in [4.69, 9.17) is 4.74 Å². The van der Waals surface area contributed by atoms with Crippen molar-refractivity contribution in [3.63, 3.8) is 0 Å². The molecule has 0 saturated heterocycles. The van der Waals surface area contributed by atoms with Crippen molar-refractivity contribution in [3.05, 3.63) is 68.3 Å². The molecule has 130 valence electrons. The number of amides is 1. The van der Waals surface area contributed by atoms with Crippen LogP contribution in [-0.2, 0) is 9.53 Å². The number of aryl methyl sites for hydroxylation is 2. The van der Waals surface area contributed by atoms with E-state index in [1.165, 1.54) is 0 Å². The van der Waals surface area contributed by atoms with E-state index in [1.54, 1.807) is 24.3 Å². The quantitative estimate of drug-likeness (QED) is 0.417. The Morgan fingerprint density at radius 3 is 2.48 bits per heavy atom. The van der Waals surface area contributed by atoms with Gasteiger partial charge in [0.1, 0.15) is 6.54 Å². The van der Waals surface area contributed by atoms with Crippen molar-refractivity contribution in [2.45, 2.75) is 13.8 Å². The molecule has 0 bridgehead atoms. The van der Waals surface area contributed by atoms with Crippen molar-refractivity contribution >= 4 is 40.3 Å². The molecule has 2 aromatic carbocycles. The fraction of sp³-hybridized carbons (Fsp3) is 0.211. The molecule has 0 aromatic heterocycles. The molecule has 2 aromatic rings. The second-order valence-corrected chi connectivity index (χ2v) is 6.73. The molecule has 0 saturated carbocycles. The van der Waals surface area contributed by atoms with Gasteiger partial charge in [-0.25, -0.2) is 0 Å². The monoisotopic (exact) mass is 451 g/mol. The molecule has 1 amide bonds.